The monoisotopic (exact) mass is 329 g/mol. The van der Waals surface area contributed by atoms with Gasteiger partial charge in [0.1, 0.15) is 0 Å². The molecule has 0 bridgehead atoms. The maximum Gasteiger partial charge on any atom is 0.307 e. The summed E-state index contributed by atoms with van der Waals surface area (Å²) in [6, 6.07) is 6.65. The number of rotatable bonds is 4. The van der Waals surface area contributed by atoms with Crippen molar-refractivity contribution >= 4 is 27.8 Å². The van der Waals surface area contributed by atoms with E-state index in [2.05, 4.69) is 0 Å². The lowest BCUT2D eigenvalue weighted by molar-refractivity contribution is -0.143. The average molecular weight is 329 g/mol. The van der Waals surface area contributed by atoms with E-state index in [0.29, 0.717) is 17.7 Å². The molecule has 116 valence electrons. The fourth-order valence-corrected chi connectivity index (χ4v) is 5.40. The van der Waals surface area contributed by atoms with Gasteiger partial charge < -0.3 is 5.11 Å². The summed E-state index contributed by atoms with van der Waals surface area (Å²) in [5, 5.41) is 9.15. The molecule has 2 rings (SSSR count). The Morgan fingerprint density at radius 1 is 1.33 bits per heavy atom. The van der Waals surface area contributed by atoms with Crippen molar-refractivity contribution in [3.8, 4) is 0 Å². The summed E-state index contributed by atoms with van der Waals surface area (Å²) in [5.74, 6) is -1.56. The van der Waals surface area contributed by atoms with Gasteiger partial charge in [-0.25, -0.2) is 8.42 Å². The van der Waals surface area contributed by atoms with Crippen LogP contribution in [0.25, 0.3) is 0 Å². The largest absolute Gasteiger partial charge is 0.481 e. The molecule has 1 heterocycles. The Labute approximate surface area is 129 Å². The van der Waals surface area contributed by atoms with Crippen molar-refractivity contribution in [2.75, 3.05) is 12.8 Å². The normalized spacial score (nSPS) is 23.9. The molecule has 2 unspecified atom stereocenters. The Kier molecular flexibility index (Phi) is 4.95. The molecule has 21 heavy (non-hydrogen) atoms. The molecule has 2 atom stereocenters. The van der Waals surface area contributed by atoms with Gasteiger partial charge in [-0.15, -0.1) is 11.8 Å². The number of carboxylic acid groups (broad SMARTS) is 1. The van der Waals surface area contributed by atoms with E-state index in [1.807, 2.05) is 13.2 Å². The minimum absolute atomic E-state index is 0.0432. The quantitative estimate of drug-likeness (QED) is 0.858. The highest BCUT2D eigenvalue weighted by molar-refractivity contribution is 7.99. The number of benzene rings is 1. The fourth-order valence-electron chi connectivity index (χ4n) is 2.57. The second-order valence-electron chi connectivity index (χ2n) is 5.19. The molecule has 0 radical (unpaired) electrons. The van der Waals surface area contributed by atoms with Crippen LogP contribution in [0.4, 0.5) is 0 Å². The van der Waals surface area contributed by atoms with Crippen molar-refractivity contribution in [3.05, 3.63) is 24.3 Å². The minimum Gasteiger partial charge on any atom is -0.481 e. The number of thioether (sulfide) groups is 1. The number of sulfonamides is 1. The topological polar surface area (TPSA) is 74.7 Å². The minimum atomic E-state index is -3.67. The molecule has 1 N–H and O–H groups in total. The molecule has 1 aliphatic heterocycles. The van der Waals surface area contributed by atoms with Gasteiger partial charge in [-0.3, -0.25) is 4.79 Å². The second-order valence-corrected chi connectivity index (χ2v) is 7.89. The predicted molar refractivity (Wildman–Crippen MR) is 81.9 cm³/mol. The Morgan fingerprint density at radius 2 is 2.00 bits per heavy atom. The fraction of sp³-hybridized carbons (Fsp3) is 0.500. The van der Waals surface area contributed by atoms with Gasteiger partial charge in [0.15, 0.2) is 0 Å². The van der Waals surface area contributed by atoms with E-state index in [0.717, 1.165) is 0 Å². The van der Waals surface area contributed by atoms with Crippen LogP contribution >= 0.6 is 11.8 Å². The highest BCUT2D eigenvalue weighted by Gasteiger charge is 2.38. The molecular formula is C14H19NO4S2. The number of carbonyl (C=O) groups is 1. The molecule has 7 heteroatoms. The van der Waals surface area contributed by atoms with E-state index in [9.17, 15) is 13.2 Å². The molecule has 0 aliphatic carbocycles. The number of hydrogen-bond acceptors (Lipinski definition) is 4. The zero-order valence-electron chi connectivity index (χ0n) is 12.0. The van der Waals surface area contributed by atoms with Crippen LogP contribution in [0.1, 0.15) is 19.8 Å². The van der Waals surface area contributed by atoms with Gasteiger partial charge in [0.05, 0.1) is 10.8 Å². The summed E-state index contributed by atoms with van der Waals surface area (Å²) in [7, 11) is -3.67. The molecule has 1 aromatic rings. The van der Waals surface area contributed by atoms with Crippen molar-refractivity contribution in [3.63, 3.8) is 0 Å². The van der Waals surface area contributed by atoms with Crippen LogP contribution in [0.2, 0.25) is 0 Å². The Morgan fingerprint density at radius 3 is 2.62 bits per heavy atom. The molecule has 0 amide bonds. The summed E-state index contributed by atoms with van der Waals surface area (Å²) in [4.78, 5) is 12.1. The first-order chi connectivity index (χ1) is 9.87. The first-order valence-corrected chi connectivity index (χ1v) is 9.42. The van der Waals surface area contributed by atoms with Gasteiger partial charge in [-0.1, -0.05) is 12.1 Å². The SMILES string of the molecule is CSc1ccccc1S(=O)(=O)N1CC(C(=O)O)CCC1C. The summed E-state index contributed by atoms with van der Waals surface area (Å²) in [6.45, 7) is 1.87. The van der Waals surface area contributed by atoms with Crippen molar-refractivity contribution < 1.29 is 18.3 Å². The van der Waals surface area contributed by atoms with Gasteiger partial charge >= 0.3 is 5.97 Å². The van der Waals surface area contributed by atoms with E-state index in [1.165, 1.54) is 16.1 Å². The molecule has 0 spiro atoms. The maximum absolute atomic E-state index is 12.9. The molecule has 0 saturated carbocycles. The Bertz CT molecular complexity index is 630. The maximum atomic E-state index is 12.9. The third-order valence-corrected chi connectivity index (χ3v) is 6.79. The van der Waals surface area contributed by atoms with E-state index < -0.39 is 21.9 Å². The summed E-state index contributed by atoms with van der Waals surface area (Å²) >= 11 is 1.37. The van der Waals surface area contributed by atoms with Crippen LogP contribution in [-0.2, 0) is 14.8 Å². The zero-order valence-corrected chi connectivity index (χ0v) is 13.7. The van der Waals surface area contributed by atoms with E-state index in [4.69, 9.17) is 5.11 Å². The van der Waals surface area contributed by atoms with Gasteiger partial charge in [0, 0.05) is 17.5 Å². The van der Waals surface area contributed by atoms with Crippen LogP contribution in [0.5, 0.6) is 0 Å². The smallest absolute Gasteiger partial charge is 0.307 e. The number of piperidine rings is 1. The Balaban J connectivity index is 2.39. The van der Waals surface area contributed by atoms with E-state index in [1.54, 1.807) is 24.3 Å². The first-order valence-electron chi connectivity index (χ1n) is 6.75. The van der Waals surface area contributed by atoms with Crippen LogP contribution in [-0.4, -0.2) is 42.6 Å². The third kappa shape index (κ3) is 3.25. The molecule has 1 aliphatic rings. The van der Waals surface area contributed by atoms with Crippen LogP contribution < -0.4 is 0 Å². The number of nitrogens with zero attached hydrogens (tertiary/aromatic N) is 1. The standard InChI is InChI=1S/C14H19NO4S2/c1-10-7-8-11(14(16)17)9-15(10)21(18,19)13-6-4-3-5-12(13)20-2/h3-6,10-11H,7-9H2,1-2H3,(H,16,17). The first kappa shape index (κ1) is 16.3. The van der Waals surface area contributed by atoms with Crippen LogP contribution in [0, 0.1) is 5.92 Å². The lowest BCUT2D eigenvalue weighted by Crippen LogP contribution is -2.47. The summed E-state index contributed by atoms with van der Waals surface area (Å²) < 4.78 is 27.1. The van der Waals surface area contributed by atoms with Crippen molar-refractivity contribution in [1.82, 2.24) is 4.31 Å². The lowest BCUT2D eigenvalue weighted by atomic mass is 9.96. The number of aliphatic carboxylic acids is 1. The van der Waals surface area contributed by atoms with E-state index in [-0.39, 0.29) is 17.5 Å². The molecule has 1 saturated heterocycles. The lowest BCUT2D eigenvalue weighted by Gasteiger charge is -2.35. The van der Waals surface area contributed by atoms with Crippen LogP contribution in [0.3, 0.4) is 0 Å². The molecule has 1 fully saturated rings. The van der Waals surface area contributed by atoms with Crippen molar-refractivity contribution in [2.45, 2.75) is 35.6 Å². The molecule has 0 aromatic heterocycles. The summed E-state index contributed by atoms with van der Waals surface area (Å²) in [5.41, 5.74) is 0. The zero-order chi connectivity index (χ0) is 15.6. The third-order valence-electron chi connectivity index (χ3n) is 3.83. The second kappa shape index (κ2) is 6.37. The highest BCUT2D eigenvalue weighted by Crippen LogP contribution is 2.32. The van der Waals surface area contributed by atoms with Crippen molar-refractivity contribution in [2.24, 2.45) is 5.92 Å². The number of carboxylic acids is 1. The molecule has 5 nitrogen and oxygen atoms in total. The average Bonchev–Trinajstić information content (AvgIpc) is 2.47. The van der Waals surface area contributed by atoms with Gasteiger partial charge in [-0.05, 0) is 38.2 Å². The highest BCUT2D eigenvalue weighted by atomic mass is 32.2. The predicted octanol–water partition coefficient (Wildman–Crippen LogP) is 2.28. The summed E-state index contributed by atoms with van der Waals surface area (Å²) in [6.07, 6.45) is 2.92. The Hall–Kier alpha value is -1.05. The van der Waals surface area contributed by atoms with Gasteiger partial charge in [-0.2, -0.15) is 4.31 Å². The van der Waals surface area contributed by atoms with Crippen LogP contribution in [0.15, 0.2) is 34.1 Å². The molecule has 1 aromatic carbocycles. The number of hydrogen-bond donors (Lipinski definition) is 1. The van der Waals surface area contributed by atoms with Crippen molar-refractivity contribution in [1.29, 1.82) is 0 Å². The van der Waals surface area contributed by atoms with Gasteiger partial charge in [0.2, 0.25) is 10.0 Å². The van der Waals surface area contributed by atoms with E-state index >= 15 is 0 Å². The molecular weight excluding hydrogens is 310 g/mol. The van der Waals surface area contributed by atoms with Gasteiger partial charge in [0.25, 0.3) is 0 Å².